The number of nitrogens with zero attached hydrogens (tertiary/aromatic N) is 1. The highest BCUT2D eigenvalue weighted by molar-refractivity contribution is 5.76. The number of carbonyl (C=O) groups excluding carboxylic acids is 1. The largest absolute Gasteiger partial charge is 0.356 e. The summed E-state index contributed by atoms with van der Waals surface area (Å²) in [5.41, 5.74) is 1.95. The molecule has 1 aliphatic heterocycles. The summed E-state index contributed by atoms with van der Waals surface area (Å²) >= 11 is 0. The van der Waals surface area contributed by atoms with Crippen molar-refractivity contribution in [2.45, 2.75) is 32.2 Å². The number of piperidine rings is 1. The molecule has 3 nitrogen and oxygen atoms in total. The van der Waals surface area contributed by atoms with Crippen molar-refractivity contribution in [1.82, 2.24) is 10.2 Å². The zero-order chi connectivity index (χ0) is 19.1. The maximum Gasteiger partial charge on any atom is 0.220 e. The lowest BCUT2D eigenvalue weighted by atomic mass is 9.97. The molecule has 0 aromatic heterocycles. The smallest absolute Gasteiger partial charge is 0.220 e. The summed E-state index contributed by atoms with van der Waals surface area (Å²) in [6.07, 6.45) is 2.95. The summed E-state index contributed by atoms with van der Waals surface area (Å²) in [5, 5.41) is 3.00. The van der Waals surface area contributed by atoms with Gasteiger partial charge in [-0.2, -0.15) is 0 Å². The molecule has 1 aliphatic rings. The Labute approximate surface area is 159 Å². The number of aryl methyl sites for hydroxylation is 1. The quantitative estimate of drug-likeness (QED) is 0.799. The molecule has 1 amide bonds. The number of hydrogen-bond acceptors (Lipinski definition) is 2. The molecule has 1 saturated heterocycles. The number of rotatable bonds is 7. The van der Waals surface area contributed by atoms with E-state index in [1.807, 2.05) is 6.07 Å². The lowest BCUT2D eigenvalue weighted by Gasteiger charge is -2.32. The number of carbonyl (C=O) groups is 1. The van der Waals surface area contributed by atoms with Gasteiger partial charge in [0, 0.05) is 26.1 Å². The first-order valence-electron chi connectivity index (χ1n) is 9.57. The molecule has 2 aromatic rings. The maximum atomic E-state index is 13.2. The van der Waals surface area contributed by atoms with E-state index < -0.39 is 11.6 Å². The molecule has 1 unspecified atom stereocenters. The van der Waals surface area contributed by atoms with Gasteiger partial charge in [0.2, 0.25) is 5.91 Å². The van der Waals surface area contributed by atoms with Crippen LogP contribution < -0.4 is 5.32 Å². The van der Waals surface area contributed by atoms with Gasteiger partial charge in [-0.1, -0.05) is 36.4 Å². The van der Waals surface area contributed by atoms with Crippen LogP contribution in [0.15, 0.2) is 48.5 Å². The van der Waals surface area contributed by atoms with Crippen molar-refractivity contribution >= 4 is 5.91 Å². The zero-order valence-corrected chi connectivity index (χ0v) is 15.5. The van der Waals surface area contributed by atoms with E-state index in [1.54, 1.807) is 0 Å². The topological polar surface area (TPSA) is 32.3 Å². The SMILES string of the molecule is O=C(CCc1ccc(F)c(F)c1)NCC1CCCN(Cc2ccccc2)C1. The summed E-state index contributed by atoms with van der Waals surface area (Å²) in [6, 6.07) is 14.2. The maximum absolute atomic E-state index is 13.2. The first-order chi connectivity index (χ1) is 13.1. The average molecular weight is 372 g/mol. The Morgan fingerprint density at radius 3 is 2.67 bits per heavy atom. The second kappa shape index (κ2) is 9.60. The molecular weight excluding hydrogens is 346 g/mol. The number of likely N-dealkylation sites (tertiary alicyclic amines) is 1. The standard InChI is InChI=1S/C22H26F2N2O/c23-20-10-8-17(13-21(20)24)9-11-22(27)25-14-19-7-4-12-26(16-19)15-18-5-2-1-3-6-18/h1-3,5-6,8,10,13,19H,4,7,9,11-12,14-16H2,(H,25,27). The number of benzene rings is 2. The summed E-state index contributed by atoms with van der Waals surface area (Å²) in [6.45, 7) is 3.69. The molecule has 0 saturated carbocycles. The van der Waals surface area contributed by atoms with Gasteiger partial charge in [0.1, 0.15) is 0 Å². The third kappa shape index (κ3) is 6.14. The van der Waals surface area contributed by atoms with E-state index in [0.717, 1.165) is 44.6 Å². The third-order valence-corrected chi connectivity index (χ3v) is 5.06. The minimum absolute atomic E-state index is 0.0417. The molecule has 0 aliphatic carbocycles. The Morgan fingerprint density at radius 1 is 1.07 bits per heavy atom. The van der Waals surface area contributed by atoms with Gasteiger partial charge in [-0.05, 0) is 55.0 Å². The van der Waals surface area contributed by atoms with Crippen LogP contribution in [0.3, 0.4) is 0 Å². The van der Waals surface area contributed by atoms with Crippen molar-refractivity contribution < 1.29 is 13.6 Å². The fraction of sp³-hybridized carbons (Fsp3) is 0.409. The first-order valence-corrected chi connectivity index (χ1v) is 9.57. The van der Waals surface area contributed by atoms with Crippen molar-refractivity contribution in [2.24, 2.45) is 5.92 Å². The van der Waals surface area contributed by atoms with Crippen molar-refractivity contribution in [2.75, 3.05) is 19.6 Å². The highest BCUT2D eigenvalue weighted by Crippen LogP contribution is 2.18. The number of halogens is 2. The molecule has 0 radical (unpaired) electrons. The number of nitrogens with one attached hydrogen (secondary N) is 1. The average Bonchev–Trinajstić information content (AvgIpc) is 2.68. The summed E-state index contributed by atoms with van der Waals surface area (Å²) in [7, 11) is 0. The molecule has 1 fully saturated rings. The van der Waals surface area contributed by atoms with E-state index in [0.29, 0.717) is 24.4 Å². The summed E-state index contributed by atoms with van der Waals surface area (Å²) < 4.78 is 26.1. The Balaban J connectivity index is 1.39. The van der Waals surface area contributed by atoms with Crippen LogP contribution in [0.1, 0.15) is 30.4 Å². The van der Waals surface area contributed by atoms with Crippen molar-refractivity contribution in [1.29, 1.82) is 0 Å². The van der Waals surface area contributed by atoms with Crippen LogP contribution in [-0.4, -0.2) is 30.4 Å². The predicted molar refractivity (Wildman–Crippen MR) is 102 cm³/mol. The van der Waals surface area contributed by atoms with Gasteiger partial charge < -0.3 is 5.32 Å². The van der Waals surface area contributed by atoms with Gasteiger partial charge in [-0.25, -0.2) is 8.78 Å². The van der Waals surface area contributed by atoms with Crippen LogP contribution in [0.25, 0.3) is 0 Å². The highest BCUT2D eigenvalue weighted by Gasteiger charge is 2.20. The zero-order valence-electron chi connectivity index (χ0n) is 15.5. The lowest BCUT2D eigenvalue weighted by Crippen LogP contribution is -2.40. The van der Waals surface area contributed by atoms with Gasteiger partial charge >= 0.3 is 0 Å². The second-order valence-corrected chi connectivity index (χ2v) is 7.28. The van der Waals surface area contributed by atoms with Crippen molar-refractivity contribution in [3.63, 3.8) is 0 Å². The fourth-order valence-corrected chi connectivity index (χ4v) is 3.60. The fourth-order valence-electron chi connectivity index (χ4n) is 3.60. The van der Waals surface area contributed by atoms with E-state index in [-0.39, 0.29) is 12.3 Å². The van der Waals surface area contributed by atoms with Crippen LogP contribution in [0, 0.1) is 17.6 Å². The van der Waals surface area contributed by atoms with E-state index in [9.17, 15) is 13.6 Å². The molecule has 0 bridgehead atoms. The number of amides is 1. The molecule has 0 spiro atoms. The monoisotopic (exact) mass is 372 g/mol. The van der Waals surface area contributed by atoms with E-state index in [2.05, 4.69) is 34.5 Å². The molecule has 1 atom stereocenters. The molecule has 2 aromatic carbocycles. The molecule has 27 heavy (non-hydrogen) atoms. The van der Waals surface area contributed by atoms with E-state index >= 15 is 0 Å². The van der Waals surface area contributed by atoms with Crippen LogP contribution >= 0.6 is 0 Å². The van der Waals surface area contributed by atoms with Crippen LogP contribution in [0.2, 0.25) is 0 Å². The van der Waals surface area contributed by atoms with Gasteiger partial charge in [0.15, 0.2) is 11.6 Å². The van der Waals surface area contributed by atoms with Gasteiger partial charge in [-0.15, -0.1) is 0 Å². The van der Waals surface area contributed by atoms with E-state index in [1.165, 1.54) is 11.6 Å². The first kappa shape index (κ1) is 19.5. The molecule has 3 rings (SSSR count). The Kier molecular flexibility index (Phi) is 6.93. The molecule has 1 heterocycles. The Hall–Kier alpha value is -2.27. The summed E-state index contributed by atoms with van der Waals surface area (Å²) in [4.78, 5) is 14.5. The molecular formula is C22H26F2N2O. The lowest BCUT2D eigenvalue weighted by molar-refractivity contribution is -0.121. The Bertz CT molecular complexity index is 751. The minimum atomic E-state index is -0.867. The molecule has 144 valence electrons. The number of hydrogen-bond donors (Lipinski definition) is 1. The van der Waals surface area contributed by atoms with Gasteiger partial charge in [-0.3, -0.25) is 9.69 Å². The predicted octanol–water partition coefficient (Wildman–Crippen LogP) is 3.93. The van der Waals surface area contributed by atoms with E-state index in [4.69, 9.17) is 0 Å². The third-order valence-electron chi connectivity index (χ3n) is 5.06. The van der Waals surface area contributed by atoms with Crippen LogP contribution in [0.4, 0.5) is 8.78 Å². The summed E-state index contributed by atoms with van der Waals surface area (Å²) in [5.74, 6) is -1.32. The molecule has 5 heteroatoms. The second-order valence-electron chi connectivity index (χ2n) is 7.28. The van der Waals surface area contributed by atoms with Gasteiger partial charge in [0.25, 0.3) is 0 Å². The minimum Gasteiger partial charge on any atom is -0.356 e. The Morgan fingerprint density at radius 2 is 1.89 bits per heavy atom. The van der Waals surface area contributed by atoms with Crippen molar-refractivity contribution in [3.8, 4) is 0 Å². The van der Waals surface area contributed by atoms with Crippen LogP contribution in [-0.2, 0) is 17.8 Å². The van der Waals surface area contributed by atoms with Gasteiger partial charge in [0.05, 0.1) is 0 Å². The van der Waals surface area contributed by atoms with Crippen molar-refractivity contribution in [3.05, 3.63) is 71.3 Å². The highest BCUT2D eigenvalue weighted by atomic mass is 19.2. The van der Waals surface area contributed by atoms with Crippen LogP contribution in [0.5, 0.6) is 0 Å². The molecule has 1 N–H and O–H groups in total. The normalized spacial score (nSPS) is 17.6.